The molecule has 1 amide bonds. The van der Waals surface area contributed by atoms with Crippen LogP contribution in [0.15, 0.2) is 58.3 Å². The third kappa shape index (κ3) is 3.39. The average molecular weight is 393 g/mol. The van der Waals surface area contributed by atoms with Crippen LogP contribution in [0.5, 0.6) is 0 Å². The monoisotopic (exact) mass is 393 g/mol. The lowest BCUT2D eigenvalue weighted by Gasteiger charge is -2.15. The molecule has 2 aromatic heterocycles. The minimum absolute atomic E-state index is 0.139. The molecular weight excluding hydrogens is 374 g/mol. The summed E-state index contributed by atoms with van der Waals surface area (Å²) in [5.41, 5.74) is 1.37. The Morgan fingerprint density at radius 1 is 1.07 bits per heavy atom. The quantitative estimate of drug-likeness (QED) is 0.458. The Kier molecular flexibility index (Phi) is 4.88. The Balaban J connectivity index is 1.50. The Morgan fingerprint density at radius 3 is 2.68 bits per heavy atom. The van der Waals surface area contributed by atoms with E-state index in [1.54, 1.807) is 18.4 Å². The average Bonchev–Trinajstić information content (AvgIpc) is 3.33. The van der Waals surface area contributed by atoms with Crippen LogP contribution in [-0.2, 0) is 16.1 Å². The van der Waals surface area contributed by atoms with Gasteiger partial charge in [-0.1, -0.05) is 42.5 Å². The maximum Gasteiger partial charge on any atom is 0.375 e. The number of benzene rings is 2. The first kappa shape index (κ1) is 18.3. The number of hydrogen-bond donors (Lipinski definition) is 0. The highest BCUT2D eigenvalue weighted by atomic mass is 32.1. The van der Waals surface area contributed by atoms with E-state index in [0.29, 0.717) is 17.7 Å². The van der Waals surface area contributed by atoms with E-state index in [-0.39, 0.29) is 18.3 Å². The van der Waals surface area contributed by atoms with Gasteiger partial charge in [0.05, 0.1) is 6.54 Å². The van der Waals surface area contributed by atoms with Gasteiger partial charge in [0.1, 0.15) is 5.58 Å². The molecule has 0 atom stereocenters. The first-order valence-electron chi connectivity index (χ1n) is 8.89. The van der Waals surface area contributed by atoms with Crippen molar-refractivity contribution in [3.63, 3.8) is 0 Å². The van der Waals surface area contributed by atoms with E-state index < -0.39 is 5.97 Å². The molecule has 0 aliphatic rings. The minimum atomic E-state index is -0.629. The van der Waals surface area contributed by atoms with E-state index in [4.69, 9.17) is 9.15 Å². The van der Waals surface area contributed by atoms with Crippen molar-refractivity contribution in [1.82, 2.24) is 4.90 Å². The molecule has 0 unspecified atom stereocenters. The number of ether oxygens (including phenoxy) is 1. The largest absolute Gasteiger partial charge is 0.450 e. The van der Waals surface area contributed by atoms with Crippen molar-refractivity contribution >= 4 is 45.0 Å². The lowest BCUT2D eigenvalue weighted by atomic mass is 10.1. The summed E-state index contributed by atoms with van der Waals surface area (Å²) >= 11 is 1.58. The van der Waals surface area contributed by atoms with Gasteiger partial charge in [0, 0.05) is 28.3 Å². The van der Waals surface area contributed by atoms with Crippen molar-refractivity contribution in [2.45, 2.75) is 13.5 Å². The molecule has 4 aromatic rings. The second-order valence-electron chi connectivity index (χ2n) is 6.62. The van der Waals surface area contributed by atoms with Crippen molar-refractivity contribution < 1.29 is 18.7 Å². The maximum absolute atomic E-state index is 12.5. The van der Waals surface area contributed by atoms with Crippen molar-refractivity contribution in [3.8, 4) is 0 Å². The zero-order chi connectivity index (χ0) is 19.7. The van der Waals surface area contributed by atoms with Crippen LogP contribution >= 0.6 is 11.3 Å². The molecule has 0 spiro atoms. The normalized spacial score (nSPS) is 11.1. The van der Waals surface area contributed by atoms with Crippen LogP contribution in [0.25, 0.3) is 21.7 Å². The Morgan fingerprint density at radius 2 is 1.89 bits per heavy atom. The van der Waals surface area contributed by atoms with E-state index in [0.717, 1.165) is 21.0 Å². The van der Waals surface area contributed by atoms with Crippen molar-refractivity contribution in [3.05, 3.63) is 70.1 Å². The summed E-state index contributed by atoms with van der Waals surface area (Å²) in [6, 6.07) is 15.7. The fraction of sp³-hybridized carbons (Fsp3) is 0.182. The lowest BCUT2D eigenvalue weighted by molar-refractivity contribution is -0.133. The van der Waals surface area contributed by atoms with Crippen LogP contribution in [0.2, 0.25) is 0 Å². The zero-order valence-electron chi connectivity index (χ0n) is 15.6. The molecule has 2 aromatic carbocycles. The first-order valence-corrected chi connectivity index (χ1v) is 9.77. The molecular formula is C22H19NO4S. The number of hydrogen-bond acceptors (Lipinski definition) is 5. The Hall–Kier alpha value is -3.12. The van der Waals surface area contributed by atoms with Gasteiger partial charge in [-0.15, -0.1) is 11.3 Å². The number of likely N-dealkylation sites (N-methyl/N-ethyl adjacent to an activating group) is 1. The van der Waals surface area contributed by atoms with Crippen molar-refractivity contribution in [1.29, 1.82) is 0 Å². The topological polar surface area (TPSA) is 59.8 Å². The highest BCUT2D eigenvalue weighted by molar-refractivity contribution is 7.09. The van der Waals surface area contributed by atoms with E-state index in [9.17, 15) is 9.59 Å². The second kappa shape index (κ2) is 7.48. The van der Waals surface area contributed by atoms with Crippen LogP contribution < -0.4 is 0 Å². The smallest absolute Gasteiger partial charge is 0.375 e. The summed E-state index contributed by atoms with van der Waals surface area (Å²) in [5.74, 6) is -0.753. The number of fused-ring (bicyclic) bond motifs is 3. The molecule has 142 valence electrons. The van der Waals surface area contributed by atoms with Crippen LogP contribution in [0.4, 0.5) is 0 Å². The molecule has 4 rings (SSSR count). The number of carbonyl (C=O) groups excluding carboxylic acids is 2. The van der Waals surface area contributed by atoms with Gasteiger partial charge in [-0.3, -0.25) is 4.79 Å². The summed E-state index contributed by atoms with van der Waals surface area (Å²) in [6.45, 7) is 1.99. The maximum atomic E-state index is 12.5. The summed E-state index contributed by atoms with van der Waals surface area (Å²) in [7, 11) is 1.69. The van der Waals surface area contributed by atoms with Gasteiger partial charge in [0.25, 0.3) is 5.91 Å². The van der Waals surface area contributed by atoms with Crippen LogP contribution in [0.3, 0.4) is 0 Å². The van der Waals surface area contributed by atoms with Gasteiger partial charge >= 0.3 is 5.97 Å². The van der Waals surface area contributed by atoms with Crippen LogP contribution in [0, 0.1) is 6.92 Å². The van der Waals surface area contributed by atoms with Crippen LogP contribution in [0.1, 0.15) is 21.0 Å². The summed E-state index contributed by atoms with van der Waals surface area (Å²) in [6.07, 6.45) is 0. The van der Waals surface area contributed by atoms with Crippen LogP contribution in [-0.4, -0.2) is 30.4 Å². The number of esters is 1. The summed E-state index contributed by atoms with van der Waals surface area (Å²) in [5, 5.41) is 4.80. The van der Waals surface area contributed by atoms with Gasteiger partial charge < -0.3 is 14.1 Å². The highest BCUT2D eigenvalue weighted by Gasteiger charge is 2.22. The van der Waals surface area contributed by atoms with Gasteiger partial charge in [-0.25, -0.2) is 4.79 Å². The number of thiophene rings is 1. The molecule has 0 aliphatic heterocycles. The van der Waals surface area contributed by atoms with Gasteiger partial charge in [0.15, 0.2) is 6.61 Å². The molecule has 0 fully saturated rings. The first-order chi connectivity index (χ1) is 13.5. The molecule has 5 nitrogen and oxygen atoms in total. The van der Waals surface area contributed by atoms with E-state index in [1.807, 2.05) is 60.8 Å². The molecule has 0 radical (unpaired) electrons. The highest BCUT2D eigenvalue weighted by Crippen LogP contribution is 2.32. The number of furan rings is 1. The standard InChI is InChI=1S/C22H19NO4S/c1-14-17-10-9-15-6-3-4-8-18(15)21(17)27-20(14)22(25)26-13-19(24)23(2)12-16-7-5-11-28-16/h3-11H,12-13H2,1-2H3. The molecule has 28 heavy (non-hydrogen) atoms. The van der Waals surface area contributed by atoms with Gasteiger partial charge in [0.2, 0.25) is 5.76 Å². The lowest BCUT2D eigenvalue weighted by Crippen LogP contribution is -2.30. The molecule has 0 aliphatic carbocycles. The van der Waals surface area contributed by atoms with E-state index >= 15 is 0 Å². The predicted molar refractivity (Wildman–Crippen MR) is 110 cm³/mol. The zero-order valence-corrected chi connectivity index (χ0v) is 16.4. The summed E-state index contributed by atoms with van der Waals surface area (Å²) in [4.78, 5) is 27.4. The third-order valence-electron chi connectivity index (χ3n) is 4.74. The minimum Gasteiger partial charge on any atom is -0.450 e. The van der Waals surface area contributed by atoms with Gasteiger partial charge in [-0.2, -0.15) is 0 Å². The number of rotatable bonds is 5. The molecule has 2 heterocycles. The Labute approximate surface area is 166 Å². The van der Waals surface area contributed by atoms with E-state index in [2.05, 4.69) is 0 Å². The van der Waals surface area contributed by atoms with Crippen molar-refractivity contribution in [2.24, 2.45) is 0 Å². The molecule has 0 saturated heterocycles. The van der Waals surface area contributed by atoms with E-state index in [1.165, 1.54) is 4.90 Å². The SMILES string of the molecule is Cc1c(C(=O)OCC(=O)N(C)Cc2cccs2)oc2c1ccc1ccccc12. The van der Waals surface area contributed by atoms with Gasteiger partial charge in [-0.05, 0) is 23.8 Å². The number of aryl methyl sites for hydroxylation is 1. The predicted octanol–water partition coefficient (Wildman–Crippen LogP) is 4.77. The molecule has 6 heteroatoms. The number of nitrogens with zero attached hydrogens (tertiary/aromatic N) is 1. The molecule has 0 saturated carbocycles. The third-order valence-corrected chi connectivity index (χ3v) is 5.60. The second-order valence-corrected chi connectivity index (χ2v) is 7.66. The fourth-order valence-electron chi connectivity index (χ4n) is 3.17. The van der Waals surface area contributed by atoms with Crippen molar-refractivity contribution in [2.75, 3.05) is 13.7 Å². The number of carbonyl (C=O) groups is 2. The number of amides is 1. The summed E-state index contributed by atoms with van der Waals surface area (Å²) < 4.78 is 11.1. The molecule has 0 N–H and O–H groups in total. The molecule has 0 bridgehead atoms. The fourth-order valence-corrected chi connectivity index (χ4v) is 3.93. The Bertz CT molecular complexity index is 1160.